The number of rotatable bonds is 4. The van der Waals surface area contributed by atoms with Gasteiger partial charge >= 0.3 is 0 Å². The maximum atomic E-state index is 9.65. The zero-order valence-corrected chi connectivity index (χ0v) is 14.5. The summed E-state index contributed by atoms with van der Waals surface area (Å²) < 4.78 is 6.18. The number of aromatic hydroxyl groups is 1. The van der Waals surface area contributed by atoms with Crippen LogP contribution >= 0.6 is 0 Å². The SMILES string of the molecule is Oc1ccc(C(CC2OCCc3ccccc32)N2CCNCC2)cc1. The summed E-state index contributed by atoms with van der Waals surface area (Å²) in [6.07, 6.45) is 2.09. The second kappa shape index (κ2) is 7.56. The molecule has 0 amide bonds. The molecule has 2 atom stereocenters. The first-order chi connectivity index (χ1) is 12.3. The second-order valence-corrected chi connectivity index (χ2v) is 6.94. The Morgan fingerprint density at radius 3 is 2.64 bits per heavy atom. The van der Waals surface area contributed by atoms with E-state index in [2.05, 4.69) is 46.6 Å². The molecular weight excluding hydrogens is 312 g/mol. The number of nitrogens with zero attached hydrogens (tertiary/aromatic N) is 1. The lowest BCUT2D eigenvalue weighted by Gasteiger charge is -2.38. The van der Waals surface area contributed by atoms with Gasteiger partial charge in [-0.2, -0.15) is 0 Å². The molecule has 4 nitrogen and oxygen atoms in total. The number of hydrogen-bond acceptors (Lipinski definition) is 4. The van der Waals surface area contributed by atoms with Crippen molar-refractivity contribution in [1.29, 1.82) is 0 Å². The largest absolute Gasteiger partial charge is 0.508 e. The predicted octanol–water partition coefficient (Wildman–Crippen LogP) is 3.04. The van der Waals surface area contributed by atoms with E-state index in [1.807, 2.05) is 0 Å². The summed E-state index contributed by atoms with van der Waals surface area (Å²) in [5, 5.41) is 13.1. The minimum Gasteiger partial charge on any atom is -0.508 e. The van der Waals surface area contributed by atoms with E-state index in [0.717, 1.165) is 45.6 Å². The van der Waals surface area contributed by atoms with Gasteiger partial charge in [0.1, 0.15) is 5.75 Å². The summed E-state index contributed by atoms with van der Waals surface area (Å²) in [6, 6.07) is 16.7. The molecule has 1 saturated heterocycles. The van der Waals surface area contributed by atoms with Crippen LogP contribution in [-0.2, 0) is 11.2 Å². The van der Waals surface area contributed by atoms with E-state index in [-0.39, 0.29) is 6.10 Å². The highest BCUT2D eigenvalue weighted by molar-refractivity contribution is 5.32. The van der Waals surface area contributed by atoms with Gasteiger partial charge in [-0.1, -0.05) is 36.4 Å². The average Bonchev–Trinajstić information content (AvgIpc) is 2.68. The lowest BCUT2D eigenvalue weighted by molar-refractivity contribution is 0.0119. The standard InChI is InChI=1S/C21H26N2O2/c24-18-7-5-17(6-8-18)20(23-12-10-22-11-13-23)15-21-19-4-2-1-3-16(19)9-14-25-21/h1-8,20-22,24H,9-15H2. The van der Waals surface area contributed by atoms with Crippen molar-refractivity contribution in [2.45, 2.75) is 25.0 Å². The van der Waals surface area contributed by atoms with E-state index >= 15 is 0 Å². The van der Waals surface area contributed by atoms with E-state index in [9.17, 15) is 5.11 Å². The topological polar surface area (TPSA) is 44.7 Å². The smallest absolute Gasteiger partial charge is 0.115 e. The minimum absolute atomic E-state index is 0.138. The lowest BCUT2D eigenvalue weighted by atomic mass is 9.90. The van der Waals surface area contributed by atoms with Gasteiger partial charge in [0.15, 0.2) is 0 Å². The molecule has 25 heavy (non-hydrogen) atoms. The van der Waals surface area contributed by atoms with Gasteiger partial charge in [0.2, 0.25) is 0 Å². The molecule has 2 unspecified atom stereocenters. The van der Waals surface area contributed by atoms with Gasteiger partial charge in [0.05, 0.1) is 12.7 Å². The van der Waals surface area contributed by atoms with Gasteiger partial charge in [-0.05, 0) is 41.7 Å². The highest BCUT2D eigenvalue weighted by Crippen LogP contribution is 2.37. The number of benzene rings is 2. The second-order valence-electron chi connectivity index (χ2n) is 6.94. The van der Waals surface area contributed by atoms with Crippen LogP contribution in [0.5, 0.6) is 5.75 Å². The Bertz CT molecular complexity index is 695. The number of phenols is 1. The van der Waals surface area contributed by atoms with Gasteiger partial charge in [0, 0.05) is 32.2 Å². The molecule has 0 radical (unpaired) electrons. The highest BCUT2D eigenvalue weighted by Gasteiger charge is 2.29. The van der Waals surface area contributed by atoms with Gasteiger partial charge < -0.3 is 15.2 Å². The van der Waals surface area contributed by atoms with E-state index in [1.54, 1.807) is 12.1 Å². The van der Waals surface area contributed by atoms with Gasteiger partial charge in [-0.25, -0.2) is 0 Å². The first-order valence-corrected chi connectivity index (χ1v) is 9.24. The Labute approximate surface area is 149 Å². The number of hydrogen-bond donors (Lipinski definition) is 2. The summed E-state index contributed by atoms with van der Waals surface area (Å²) in [6.45, 7) is 4.93. The van der Waals surface area contributed by atoms with Crippen molar-refractivity contribution in [3.8, 4) is 5.75 Å². The van der Waals surface area contributed by atoms with Crippen molar-refractivity contribution in [1.82, 2.24) is 10.2 Å². The molecule has 2 aliphatic rings. The van der Waals surface area contributed by atoms with Crippen LogP contribution in [0, 0.1) is 0 Å². The fourth-order valence-corrected chi connectivity index (χ4v) is 4.06. The molecule has 2 N–H and O–H groups in total. The molecule has 0 aliphatic carbocycles. The Morgan fingerprint density at radius 2 is 1.84 bits per heavy atom. The van der Waals surface area contributed by atoms with Crippen LogP contribution in [-0.4, -0.2) is 42.8 Å². The first-order valence-electron chi connectivity index (χ1n) is 9.24. The van der Waals surface area contributed by atoms with Crippen molar-refractivity contribution < 1.29 is 9.84 Å². The molecular formula is C21H26N2O2. The van der Waals surface area contributed by atoms with Crippen LogP contribution in [0.1, 0.15) is 35.3 Å². The summed E-state index contributed by atoms with van der Waals surface area (Å²) in [5.41, 5.74) is 4.02. The zero-order valence-electron chi connectivity index (χ0n) is 14.5. The third-order valence-corrected chi connectivity index (χ3v) is 5.40. The molecule has 132 valence electrons. The fraction of sp³-hybridized carbons (Fsp3) is 0.429. The Kier molecular flexibility index (Phi) is 5.02. The summed E-state index contributed by atoms with van der Waals surface area (Å²) >= 11 is 0. The first kappa shape index (κ1) is 16.6. The molecule has 0 spiro atoms. The molecule has 0 saturated carbocycles. The van der Waals surface area contributed by atoms with Gasteiger partial charge in [-0.15, -0.1) is 0 Å². The van der Waals surface area contributed by atoms with Crippen LogP contribution in [0.25, 0.3) is 0 Å². The van der Waals surface area contributed by atoms with Gasteiger partial charge in [-0.3, -0.25) is 4.90 Å². The van der Waals surface area contributed by atoms with Crippen molar-refractivity contribution in [2.24, 2.45) is 0 Å². The molecule has 2 heterocycles. The summed E-state index contributed by atoms with van der Waals surface area (Å²) in [5.74, 6) is 0.321. The third-order valence-electron chi connectivity index (χ3n) is 5.40. The molecule has 4 rings (SSSR count). The van der Waals surface area contributed by atoms with Crippen molar-refractivity contribution >= 4 is 0 Å². The quantitative estimate of drug-likeness (QED) is 0.899. The average molecular weight is 338 g/mol. The maximum Gasteiger partial charge on any atom is 0.115 e. The number of phenolic OH excluding ortho intramolecular Hbond substituents is 1. The fourth-order valence-electron chi connectivity index (χ4n) is 4.06. The minimum atomic E-state index is 0.138. The Hall–Kier alpha value is -1.88. The molecule has 0 aromatic heterocycles. The molecule has 2 aliphatic heterocycles. The number of fused-ring (bicyclic) bond motifs is 1. The van der Waals surface area contributed by atoms with Crippen LogP contribution in [0.4, 0.5) is 0 Å². The summed E-state index contributed by atoms with van der Waals surface area (Å²) in [7, 11) is 0. The van der Waals surface area contributed by atoms with Crippen LogP contribution in [0.2, 0.25) is 0 Å². The van der Waals surface area contributed by atoms with E-state index < -0.39 is 0 Å². The van der Waals surface area contributed by atoms with Crippen LogP contribution in [0.15, 0.2) is 48.5 Å². The van der Waals surface area contributed by atoms with Crippen LogP contribution in [0.3, 0.4) is 0 Å². The predicted molar refractivity (Wildman–Crippen MR) is 98.7 cm³/mol. The monoisotopic (exact) mass is 338 g/mol. The molecule has 0 bridgehead atoms. The van der Waals surface area contributed by atoms with Crippen LogP contribution < -0.4 is 5.32 Å². The summed E-state index contributed by atoms with van der Waals surface area (Å²) in [4.78, 5) is 2.55. The number of nitrogens with one attached hydrogen (secondary N) is 1. The zero-order chi connectivity index (χ0) is 17.1. The maximum absolute atomic E-state index is 9.65. The van der Waals surface area contributed by atoms with E-state index in [1.165, 1.54) is 16.7 Å². The Morgan fingerprint density at radius 1 is 1.08 bits per heavy atom. The molecule has 2 aromatic carbocycles. The van der Waals surface area contributed by atoms with Crippen molar-refractivity contribution in [3.05, 3.63) is 65.2 Å². The highest BCUT2D eigenvalue weighted by atomic mass is 16.5. The van der Waals surface area contributed by atoms with Crippen molar-refractivity contribution in [2.75, 3.05) is 32.8 Å². The van der Waals surface area contributed by atoms with Crippen molar-refractivity contribution in [3.63, 3.8) is 0 Å². The molecule has 4 heteroatoms. The number of ether oxygens (including phenoxy) is 1. The molecule has 1 fully saturated rings. The lowest BCUT2D eigenvalue weighted by Crippen LogP contribution is -2.45. The normalized spacial score (nSPS) is 22.3. The van der Waals surface area contributed by atoms with E-state index in [4.69, 9.17) is 4.74 Å². The Balaban J connectivity index is 1.61. The van der Waals surface area contributed by atoms with Gasteiger partial charge in [0.25, 0.3) is 0 Å². The van der Waals surface area contributed by atoms with E-state index in [0.29, 0.717) is 11.8 Å². The third kappa shape index (κ3) is 3.71. The number of piperazine rings is 1. The molecule has 2 aromatic rings.